The molecule has 4 aliphatic rings. The number of alkyl halides is 3. The third-order valence-electron chi connectivity index (χ3n) is 10.6. The van der Waals surface area contributed by atoms with Crippen molar-refractivity contribution >= 4 is 41.1 Å². The molecule has 1 aliphatic heterocycles. The molecule has 1 amide bonds. The molecular formula is C29H37Cl2F3N4O2. The first-order chi connectivity index (χ1) is 18.7. The highest BCUT2D eigenvalue weighted by Crippen LogP contribution is 2.73. The van der Waals surface area contributed by atoms with Crippen LogP contribution < -0.4 is 0 Å². The first-order valence-corrected chi connectivity index (χ1v) is 14.9. The molecule has 6 nitrogen and oxygen atoms in total. The normalized spacial score (nSPS) is 37.0. The highest BCUT2D eigenvalue weighted by atomic mass is 35.5. The van der Waals surface area contributed by atoms with E-state index in [0.29, 0.717) is 18.3 Å². The van der Waals surface area contributed by atoms with Gasteiger partial charge in [-0.25, -0.2) is 0 Å². The Labute approximate surface area is 243 Å². The van der Waals surface area contributed by atoms with Gasteiger partial charge in [0.2, 0.25) is 5.91 Å². The molecule has 1 aromatic heterocycles. The predicted octanol–water partition coefficient (Wildman–Crippen LogP) is 6.90. The van der Waals surface area contributed by atoms with Crippen LogP contribution >= 0.6 is 23.2 Å². The number of rotatable bonds is 7. The molecule has 5 rings (SSSR count). The van der Waals surface area contributed by atoms with Crippen LogP contribution in [0.25, 0.3) is 0 Å². The summed E-state index contributed by atoms with van der Waals surface area (Å²) in [5.74, 6) is -2.06. The predicted molar refractivity (Wildman–Crippen MR) is 148 cm³/mol. The van der Waals surface area contributed by atoms with Crippen LogP contribution in [0.2, 0.25) is 10.0 Å². The molecule has 11 heteroatoms. The SMILES string of the molecule is C[C@H]1CC[C@@H](N2N=CC(C(=O)N(CC(=O)c3c(Cl)cncc3Cl)CC34CCC3(C)C[C@H]4C)C2C(F)(F)F)[C@H](C)C1. The van der Waals surface area contributed by atoms with Crippen LogP contribution in [-0.2, 0) is 4.79 Å². The van der Waals surface area contributed by atoms with E-state index in [1.54, 1.807) is 0 Å². The van der Waals surface area contributed by atoms with Gasteiger partial charge in [0, 0.05) is 25.2 Å². The monoisotopic (exact) mass is 600 g/mol. The first kappa shape index (κ1) is 29.6. The molecule has 3 saturated carbocycles. The fourth-order valence-corrected chi connectivity index (χ4v) is 8.81. The van der Waals surface area contributed by atoms with Crippen molar-refractivity contribution in [2.75, 3.05) is 13.1 Å². The average molecular weight is 602 g/mol. The maximum Gasteiger partial charge on any atom is 0.411 e. The molecule has 3 aliphatic carbocycles. The molecule has 0 aromatic carbocycles. The van der Waals surface area contributed by atoms with Crippen molar-refractivity contribution in [3.8, 4) is 0 Å². The number of hydrogen-bond acceptors (Lipinski definition) is 5. The van der Waals surface area contributed by atoms with E-state index < -0.39 is 42.4 Å². The van der Waals surface area contributed by atoms with Crippen molar-refractivity contribution in [1.82, 2.24) is 14.9 Å². The van der Waals surface area contributed by atoms with Crippen LogP contribution in [0.5, 0.6) is 0 Å². The van der Waals surface area contributed by atoms with Crippen molar-refractivity contribution in [2.45, 2.75) is 84.5 Å². The van der Waals surface area contributed by atoms with Gasteiger partial charge in [-0.05, 0) is 67.1 Å². The molecule has 0 saturated heterocycles. The quantitative estimate of drug-likeness (QED) is 0.319. The molecule has 220 valence electrons. The van der Waals surface area contributed by atoms with Crippen molar-refractivity contribution in [3.05, 3.63) is 28.0 Å². The summed E-state index contributed by atoms with van der Waals surface area (Å²) in [5.41, 5.74) is -0.204. The molecule has 2 heterocycles. The van der Waals surface area contributed by atoms with E-state index in [2.05, 4.69) is 30.9 Å². The Kier molecular flexibility index (Phi) is 7.73. The van der Waals surface area contributed by atoms with Gasteiger partial charge in [-0.15, -0.1) is 0 Å². The molecule has 1 aromatic rings. The lowest BCUT2D eigenvalue weighted by Gasteiger charge is -2.72. The van der Waals surface area contributed by atoms with Crippen LogP contribution in [0.4, 0.5) is 13.2 Å². The summed E-state index contributed by atoms with van der Waals surface area (Å²) in [6, 6.07) is -2.47. The highest BCUT2D eigenvalue weighted by molar-refractivity contribution is 6.39. The van der Waals surface area contributed by atoms with Crippen LogP contribution in [0.15, 0.2) is 17.5 Å². The van der Waals surface area contributed by atoms with E-state index in [0.717, 1.165) is 43.3 Å². The summed E-state index contributed by atoms with van der Waals surface area (Å²) in [4.78, 5) is 32.8. The molecule has 0 bridgehead atoms. The minimum absolute atomic E-state index is 0.00734. The Morgan fingerprint density at radius 1 is 1.12 bits per heavy atom. The Morgan fingerprint density at radius 2 is 1.80 bits per heavy atom. The summed E-state index contributed by atoms with van der Waals surface area (Å²) >= 11 is 12.5. The maximum absolute atomic E-state index is 14.7. The van der Waals surface area contributed by atoms with Crippen molar-refractivity contribution < 1.29 is 22.8 Å². The molecular weight excluding hydrogens is 564 g/mol. The molecule has 8 atom stereocenters. The zero-order valence-corrected chi connectivity index (χ0v) is 24.9. The second-order valence-electron chi connectivity index (χ2n) is 13.0. The number of hydrogen-bond donors (Lipinski definition) is 0. The number of ketones is 1. The summed E-state index contributed by atoms with van der Waals surface area (Å²) < 4.78 is 44.1. The minimum atomic E-state index is -4.68. The number of nitrogens with zero attached hydrogens (tertiary/aromatic N) is 4. The van der Waals surface area contributed by atoms with E-state index in [1.165, 1.54) is 17.3 Å². The Hall–Kier alpha value is -1.87. The number of carbonyl (C=O) groups is 2. The zero-order chi connectivity index (χ0) is 29.2. The molecule has 0 spiro atoms. The Balaban J connectivity index is 1.45. The van der Waals surface area contributed by atoms with E-state index in [4.69, 9.17) is 23.2 Å². The maximum atomic E-state index is 14.7. The van der Waals surface area contributed by atoms with Gasteiger partial charge < -0.3 is 4.90 Å². The molecule has 4 unspecified atom stereocenters. The summed E-state index contributed by atoms with van der Waals surface area (Å²) in [6.45, 7) is 8.14. The summed E-state index contributed by atoms with van der Waals surface area (Å²) in [6.07, 6.45) is 4.12. The molecule has 40 heavy (non-hydrogen) atoms. The zero-order valence-electron chi connectivity index (χ0n) is 23.3. The van der Waals surface area contributed by atoms with E-state index >= 15 is 0 Å². The largest absolute Gasteiger partial charge is 0.411 e. The number of aromatic nitrogens is 1. The first-order valence-electron chi connectivity index (χ1n) is 14.2. The fourth-order valence-electron chi connectivity index (χ4n) is 8.23. The van der Waals surface area contributed by atoms with Crippen molar-refractivity contribution in [2.24, 2.45) is 39.6 Å². The van der Waals surface area contributed by atoms with Gasteiger partial charge in [0.25, 0.3) is 0 Å². The third-order valence-corrected chi connectivity index (χ3v) is 11.2. The lowest BCUT2D eigenvalue weighted by Crippen LogP contribution is -2.68. The van der Waals surface area contributed by atoms with E-state index in [9.17, 15) is 22.8 Å². The van der Waals surface area contributed by atoms with Gasteiger partial charge in [-0.2, -0.15) is 18.3 Å². The second kappa shape index (κ2) is 10.4. The lowest BCUT2D eigenvalue weighted by molar-refractivity contribution is -0.226. The van der Waals surface area contributed by atoms with E-state index in [-0.39, 0.29) is 38.9 Å². The van der Waals surface area contributed by atoms with Crippen molar-refractivity contribution in [1.29, 1.82) is 0 Å². The van der Waals surface area contributed by atoms with Crippen LogP contribution in [0.3, 0.4) is 0 Å². The summed E-state index contributed by atoms with van der Waals surface area (Å²) in [5, 5.41) is 5.43. The van der Waals surface area contributed by atoms with Crippen LogP contribution in [0.1, 0.15) is 76.6 Å². The van der Waals surface area contributed by atoms with Crippen LogP contribution in [-0.4, -0.2) is 64.1 Å². The lowest BCUT2D eigenvalue weighted by atomic mass is 9.34. The molecule has 0 N–H and O–H groups in total. The highest BCUT2D eigenvalue weighted by Gasteiger charge is 2.67. The average Bonchev–Trinajstić information content (AvgIpc) is 3.31. The molecule has 3 fully saturated rings. The second-order valence-corrected chi connectivity index (χ2v) is 13.9. The van der Waals surface area contributed by atoms with E-state index in [1.807, 2.05) is 6.92 Å². The van der Waals surface area contributed by atoms with Gasteiger partial charge in [0.15, 0.2) is 11.8 Å². The number of Topliss-reactive ketones (excluding diaryl/α,β-unsaturated/α-hetero) is 1. The van der Waals surface area contributed by atoms with Gasteiger partial charge in [0.05, 0.1) is 28.2 Å². The number of amides is 1. The van der Waals surface area contributed by atoms with Crippen LogP contribution in [0, 0.1) is 34.5 Å². The van der Waals surface area contributed by atoms with Gasteiger partial charge in [0.1, 0.15) is 5.92 Å². The summed E-state index contributed by atoms with van der Waals surface area (Å²) in [7, 11) is 0. The number of hydrazone groups is 1. The molecule has 0 radical (unpaired) electrons. The number of halogens is 5. The number of carbonyl (C=O) groups excluding carboxylic acids is 2. The minimum Gasteiger partial charge on any atom is -0.334 e. The number of pyridine rings is 1. The number of fused-ring (bicyclic) bond motifs is 1. The topological polar surface area (TPSA) is 65.9 Å². The fraction of sp³-hybridized carbons (Fsp3) is 0.724. The smallest absolute Gasteiger partial charge is 0.334 e. The third kappa shape index (κ3) is 4.83. The Morgan fingerprint density at radius 3 is 2.33 bits per heavy atom. The van der Waals surface area contributed by atoms with Crippen molar-refractivity contribution in [3.63, 3.8) is 0 Å². The Bertz CT molecular complexity index is 1190. The van der Waals surface area contributed by atoms with Gasteiger partial charge in [-0.1, -0.05) is 50.9 Å². The standard InChI is InChI=1S/C29H37Cl2F3N4O2/c1-16-5-6-22(17(2)9-16)38-25(29(32,33)34)19(11-36-38)26(40)37(15-28-8-7-27(28,4)10-18(28)3)14-23(39)24-20(30)12-35-13-21(24)31/h11-13,16-19,22,25H,5-10,14-15H2,1-4H3/t16-,17+,18+,19?,22+,25?,27?,28?/m0/s1. The van der Waals surface area contributed by atoms with Gasteiger partial charge in [-0.3, -0.25) is 19.6 Å². The van der Waals surface area contributed by atoms with Gasteiger partial charge >= 0.3 is 6.18 Å².